The number of aromatic nitrogens is 1. The normalized spacial score (nSPS) is 10.8. The number of benzene rings is 1. The summed E-state index contributed by atoms with van der Waals surface area (Å²) < 4.78 is 0. The third kappa shape index (κ3) is 2.17. The number of nitrogens with one attached hydrogen (secondary N) is 2. The fourth-order valence-electron chi connectivity index (χ4n) is 2.01. The molecule has 0 atom stereocenters. The molecule has 4 heteroatoms. The van der Waals surface area contributed by atoms with Gasteiger partial charge in [-0.2, -0.15) is 0 Å². The molecule has 0 aliphatic carbocycles. The van der Waals surface area contributed by atoms with Gasteiger partial charge in [-0.1, -0.05) is 11.6 Å². The summed E-state index contributed by atoms with van der Waals surface area (Å²) in [6.07, 6.45) is 0. The van der Waals surface area contributed by atoms with Gasteiger partial charge in [0.1, 0.15) is 0 Å². The first kappa shape index (κ1) is 11.7. The average Bonchev–Trinajstić information content (AvgIpc) is 2.61. The largest absolute Gasteiger partial charge is 0.358 e. The van der Waals surface area contributed by atoms with Crippen molar-refractivity contribution < 1.29 is 4.79 Å². The Balaban J connectivity index is 2.48. The molecular formula is C13H17N3O. The molecule has 0 aliphatic rings. The lowest BCUT2D eigenvalue weighted by atomic mass is 10.1. The highest BCUT2D eigenvalue weighted by Crippen LogP contribution is 2.23. The first-order valence-corrected chi connectivity index (χ1v) is 5.70. The van der Waals surface area contributed by atoms with Crippen LogP contribution in [0.15, 0.2) is 18.2 Å². The van der Waals surface area contributed by atoms with E-state index < -0.39 is 0 Å². The lowest BCUT2D eigenvalue weighted by molar-refractivity contribution is 0.0956. The van der Waals surface area contributed by atoms with Gasteiger partial charge in [0.25, 0.3) is 5.91 Å². The van der Waals surface area contributed by atoms with Crippen molar-refractivity contribution in [3.63, 3.8) is 0 Å². The molecule has 1 amide bonds. The lowest BCUT2D eigenvalue weighted by Crippen LogP contribution is -2.29. The SMILES string of the molecule is Cc1ccc2[nH]c(C)c(C(=O)NCCN)c2c1. The third-order valence-corrected chi connectivity index (χ3v) is 2.80. The number of rotatable bonds is 3. The molecule has 4 nitrogen and oxygen atoms in total. The molecule has 2 rings (SSSR count). The standard InChI is InChI=1S/C13H17N3O/c1-8-3-4-11-10(7-8)12(9(2)16-11)13(17)15-6-5-14/h3-4,7,16H,5-6,14H2,1-2H3,(H,15,17). The van der Waals surface area contributed by atoms with Crippen molar-refractivity contribution in [2.24, 2.45) is 5.73 Å². The van der Waals surface area contributed by atoms with Gasteiger partial charge < -0.3 is 16.0 Å². The van der Waals surface area contributed by atoms with E-state index in [9.17, 15) is 4.79 Å². The van der Waals surface area contributed by atoms with Crippen molar-refractivity contribution >= 4 is 16.8 Å². The van der Waals surface area contributed by atoms with E-state index in [1.165, 1.54) is 0 Å². The van der Waals surface area contributed by atoms with Crippen LogP contribution in [-0.2, 0) is 0 Å². The van der Waals surface area contributed by atoms with E-state index in [4.69, 9.17) is 5.73 Å². The molecular weight excluding hydrogens is 214 g/mol. The van der Waals surface area contributed by atoms with Crippen LogP contribution in [0, 0.1) is 13.8 Å². The van der Waals surface area contributed by atoms with Crippen LogP contribution in [0.3, 0.4) is 0 Å². The molecule has 0 saturated carbocycles. The fraction of sp³-hybridized carbons (Fsp3) is 0.308. The molecule has 0 radical (unpaired) electrons. The van der Waals surface area contributed by atoms with E-state index in [2.05, 4.69) is 10.3 Å². The molecule has 2 aromatic rings. The van der Waals surface area contributed by atoms with Crippen LogP contribution in [0.25, 0.3) is 10.9 Å². The minimum Gasteiger partial charge on any atom is -0.358 e. The number of fused-ring (bicyclic) bond motifs is 1. The summed E-state index contributed by atoms with van der Waals surface area (Å²) in [5, 5.41) is 3.77. The maximum atomic E-state index is 12.0. The molecule has 17 heavy (non-hydrogen) atoms. The highest BCUT2D eigenvalue weighted by atomic mass is 16.1. The maximum absolute atomic E-state index is 12.0. The minimum atomic E-state index is -0.0650. The van der Waals surface area contributed by atoms with Crippen molar-refractivity contribution in [3.8, 4) is 0 Å². The van der Waals surface area contributed by atoms with Gasteiger partial charge in [0.2, 0.25) is 0 Å². The van der Waals surface area contributed by atoms with E-state index >= 15 is 0 Å². The number of aromatic amines is 1. The molecule has 0 aliphatic heterocycles. The Morgan fingerprint density at radius 3 is 2.88 bits per heavy atom. The van der Waals surface area contributed by atoms with Gasteiger partial charge in [-0.25, -0.2) is 0 Å². The van der Waals surface area contributed by atoms with Crippen LogP contribution in [0.4, 0.5) is 0 Å². The minimum absolute atomic E-state index is 0.0650. The molecule has 0 spiro atoms. The molecule has 90 valence electrons. The van der Waals surface area contributed by atoms with E-state index in [1.807, 2.05) is 32.0 Å². The number of carbonyl (C=O) groups is 1. The Kier molecular flexibility index (Phi) is 3.15. The van der Waals surface area contributed by atoms with Crippen LogP contribution in [-0.4, -0.2) is 24.0 Å². The number of H-pyrrole nitrogens is 1. The molecule has 1 heterocycles. The second-order valence-electron chi connectivity index (χ2n) is 4.22. The summed E-state index contributed by atoms with van der Waals surface area (Å²) in [6, 6.07) is 6.05. The highest BCUT2D eigenvalue weighted by Gasteiger charge is 2.15. The second-order valence-corrected chi connectivity index (χ2v) is 4.22. The number of hydrogen-bond donors (Lipinski definition) is 3. The Hall–Kier alpha value is -1.81. The van der Waals surface area contributed by atoms with Gasteiger partial charge >= 0.3 is 0 Å². The Morgan fingerprint density at radius 1 is 1.41 bits per heavy atom. The molecule has 0 fully saturated rings. The van der Waals surface area contributed by atoms with Crippen LogP contribution in [0.2, 0.25) is 0 Å². The lowest BCUT2D eigenvalue weighted by Gasteiger charge is -2.03. The molecule has 4 N–H and O–H groups in total. The van der Waals surface area contributed by atoms with E-state index in [0.29, 0.717) is 13.1 Å². The van der Waals surface area contributed by atoms with Crippen LogP contribution in [0.1, 0.15) is 21.6 Å². The summed E-state index contributed by atoms with van der Waals surface area (Å²) in [7, 11) is 0. The van der Waals surface area contributed by atoms with Crippen molar-refractivity contribution in [2.45, 2.75) is 13.8 Å². The highest BCUT2D eigenvalue weighted by molar-refractivity contribution is 6.08. The van der Waals surface area contributed by atoms with E-state index in [1.54, 1.807) is 0 Å². The maximum Gasteiger partial charge on any atom is 0.253 e. The smallest absolute Gasteiger partial charge is 0.253 e. The van der Waals surface area contributed by atoms with Crippen molar-refractivity contribution in [3.05, 3.63) is 35.0 Å². The predicted octanol–water partition coefficient (Wildman–Crippen LogP) is 1.47. The van der Waals surface area contributed by atoms with Gasteiger partial charge in [0, 0.05) is 29.7 Å². The summed E-state index contributed by atoms with van der Waals surface area (Å²) in [6.45, 7) is 4.87. The molecule has 1 aromatic heterocycles. The number of aryl methyl sites for hydroxylation is 2. The van der Waals surface area contributed by atoms with Gasteiger partial charge in [0.15, 0.2) is 0 Å². The number of carbonyl (C=O) groups excluding carboxylic acids is 1. The number of nitrogens with two attached hydrogens (primary N) is 1. The molecule has 0 saturated heterocycles. The zero-order valence-electron chi connectivity index (χ0n) is 10.1. The van der Waals surface area contributed by atoms with E-state index in [0.717, 1.165) is 27.7 Å². The van der Waals surface area contributed by atoms with Crippen molar-refractivity contribution in [1.82, 2.24) is 10.3 Å². The number of hydrogen-bond acceptors (Lipinski definition) is 2. The summed E-state index contributed by atoms with van der Waals surface area (Å²) >= 11 is 0. The summed E-state index contributed by atoms with van der Waals surface area (Å²) in [5.41, 5.74) is 9.13. The van der Waals surface area contributed by atoms with Crippen LogP contribution >= 0.6 is 0 Å². The Bertz CT molecular complexity index is 557. The van der Waals surface area contributed by atoms with Gasteiger partial charge in [-0.3, -0.25) is 4.79 Å². The first-order chi connectivity index (χ1) is 8.13. The molecule has 0 bridgehead atoms. The third-order valence-electron chi connectivity index (χ3n) is 2.80. The van der Waals surface area contributed by atoms with Gasteiger partial charge in [0.05, 0.1) is 5.56 Å². The van der Waals surface area contributed by atoms with Crippen LogP contribution in [0.5, 0.6) is 0 Å². The van der Waals surface area contributed by atoms with Crippen molar-refractivity contribution in [2.75, 3.05) is 13.1 Å². The quantitative estimate of drug-likeness (QED) is 0.748. The number of amides is 1. The van der Waals surface area contributed by atoms with Gasteiger partial charge in [-0.05, 0) is 26.0 Å². The first-order valence-electron chi connectivity index (χ1n) is 5.70. The van der Waals surface area contributed by atoms with E-state index in [-0.39, 0.29) is 5.91 Å². The zero-order chi connectivity index (χ0) is 12.4. The Labute approximate surface area is 100 Å². The molecule has 0 unspecified atom stereocenters. The fourth-order valence-corrected chi connectivity index (χ4v) is 2.01. The van der Waals surface area contributed by atoms with Gasteiger partial charge in [-0.15, -0.1) is 0 Å². The Morgan fingerprint density at radius 2 is 2.18 bits per heavy atom. The summed E-state index contributed by atoms with van der Waals surface area (Å²) in [5.74, 6) is -0.0650. The topological polar surface area (TPSA) is 70.9 Å². The monoisotopic (exact) mass is 231 g/mol. The van der Waals surface area contributed by atoms with Crippen LogP contribution < -0.4 is 11.1 Å². The summed E-state index contributed by atoms with van der Waals surface area (Å²) in [4.78, 5) is 15.2. The second kappa shape index (κ2) is 4.59. The van der Waals surface area contributed by atoms with Crippen molar-refractivity contribution in [1.29, 1.82) is 0 Å². The molecule has 1 aromatic carbocycles. The predicted molar refractivity (Wildman–Crippen MR) is 69.2 cm³/mol. The zero-order valence-corrected chi connectivity index (χ0v) is 10.1. The average molecular weight is 231 g/mol.